The van der Waals surface area contributed by atoms with E-state index in [1.54, 1.807) is 30.3 Å². The number of rotatable bonds is 7. The van der Waals surface area contributed by atoms with Gasteiger partial charge in [0.15, 0.2) is 0 Å². The first-order valence-corrected chi connectivity index (χ1v) is 6.45. The van der Waals surface area contributed by atoms with Crippen LogP contribution in [0.25, 0.3) is 0 Å². The average Bonchev–Trinajstić information content (AvgIpc) is 2.74. The van der Waals surface area contributed by atoms with Crippen LogP contribution in [-0.2, 0) is 9.59 Å². The van der Waals surface area contributed by atoms with E-state index in [-0.39, 0.29) is 18.8 Å². The zero-order valence-corrected chi connectivity index (χ0v) is 11.4. The van der Waals surface area contributed by atoms with Crippen LogP contribution in [0.2, 0.25) is 0 Å². The van der Waals surface area contributed by atoms with Gasteiger partial charge in [0.1, 0.15) is 18.1 Å². The molecule has 0 spiro atoms. The van der Waals surface area contributed by atoms with Crippen LogP contribution >= 0.6 is 0 Å². The van der Waals surface area contributed by atoms with E-state index in [4.69, 9.17) is 9.84 Å². The predicted molar refractivity (Wildman–Crippen MR) is 77.6 cm³/mol. The smallest absolute Gasteiger partial charge is 0.277 e. The van der Waals surface area contributed by atoms with Gasteiger partial charge < -0.3 is 15.2 Å². The Balaban J connectivity index is 2.15. The van der Waals surface area contributed by atoms with Crippen molar-refractivity contribution < 1.29 is 19.4 Å². The molecule has 6 nitrogen and oxygen atoms in total. The maximum atomic E-state index is 12.0. The molecule has 6 heteroatoms. The summed E-state index contributed by atoms with van der Waals surface area (Å²) in [6.45, 7) is 3.62. The van der Waals surface area contributed by atoms with Crippen LogP contribution in [0.5, 0.6) is 5.75 Å². The number of imide groups is 1. The van der Waals surface area contributed by atoms with Gasteiger partial charge in [0, 0.05) is 6.08 Å². The second kappa shape index (κ2) is 6.71. The summed E-state index contributed by atoms with van der Waals surface area (Å²) in [7, 11) is 0. The number of amides is 2. The molecule has 0 fully saturated rings. The lowest BCUT2D eigenvalue weighted by Gasteiger charge is -2.15. The van der Waals surface area contributed by atoms with Crippen LogP contribution in [0.15, 0.2) is 48.7 Å². The number of aliphatic hydroxyl groups excluding tert-OH is 1. The molecule has 21 heavy (non-hydrogen) atoms. The van der Waals surface area contributed by atoms with Gasteiger partial charge in [0.2, 0.25) is 0 Å². The number of para-hydroxylation sites is 2. The molecular formula is C15H16N2O4. The summed E-state index contributed by atoms with van der Waals surface area (Å²) in [4.78, 5) is 24.7. The van der Waals surface area contributed by atoms with Gasteiger partial charge in [-0.2, -0.15) is 0 Å². The number of hydrogen-bond acceptors (Lipinski definition) is 5. The van der Waals surface area contributed by atoms with Crippen molar-refractivity contribution in [3.8, 4) is 5.75 Å². The first-order chi connectivity index (χ1) is 10.2. The van der Waals surface area contributed by atoms with Crippen molar-refractivity contribution in [2.45, 2.75) is 0 Å². The summed E-state index contributed by atoms with van der Waals surface area (Å²) < 4.78 is 5.48. The quantitative estimate of drug-likeness (QED) is 0.576. The second-order valence-electron chi connectivity index (χ2n) is 4.30. The summed E-state index contributed by atoms with van der Waals surface area (Å²) >= 11 is 0. The number of anilines is 1. The van der Waals surface area contributed by atoms with Crippen molar-refractivity contribution in [3.63, 3.8) is 0 Å². The van der Waals surface area contributed by atoms with E-state index in [9.17, 15) is 9.59 Å². The van der Waals surface area contributed by atoms with Crippen molar-refractivity contribution in [3.05, 3.63) is 48.7 Å². The van der Waals surface area contributed by atoms with Crippen molar-refractivity contribution in [2.24, 2.45) is 0 Å². The summed E-state index contributed by atoms with van der Waals surface area (Å²) in [6, 6.07) is 7.08. The van der Waals surface area contributed by atoms with E-state index in [1.807, 2.05) is 0 Å². The number of carbonyl (C=O) groups excluding carboxylic acids is 2. The van der Waals surface area contributed by atoms with Crippen LogP contribution in [-0.4, -0.2) is 41.6 Å². The van der Waals surface area contributed by atoms with E-state index in [1.165, 1.54) is 6.08 Å². The van der Waals surface area contributed by atoms with Crippen molar-refractivity contribution in [1.29, 1.82) is 0 Å². The second-order valence-corrected chi connectivity index (χ2v) is 4.30. The van der Waals surface area contributed by atoms with Gasteiger partial charge in [-0.05, 0) is 12.1 Å². The van der Waals surface area contributed by atoms with E-state index >= 15 is 0 Å². The minimum Gasteiger partial charge on any atom is -0.487 e. The Kier molecular flexibility index (Phi) is 4.73. The summed E-state index contributed by atoms with van der Waals surface area (Å²) in [6.07, 6.45) is 2.82. The van der Waals surface area contributed by atoms with E-state index in [2.05, 4.69) is 11.9 Å². The number of hydrogen-bond donors (Lipinski definition) is 2. The highest BCUT2D eigenvalue weighted by Crippen LogP contribution is 2.26. The molecule has 0 atom stereocenters. The molecule has 1 heterocycles. The fraction of sp³-hybridized carbons (Fsp3) is 0.200. The lowest BCUT2D eigenvalue weighted by atomic mass is 10.2. The zero-order chi connectivity index (χ0) is 15.2. The Labute approximate surface area is 122 Å². The highest BCUT2D eigenvalue weighted by atomic mass is 16.5. The third-order valence-electron chi connectivity index (χ3n) is 2.85. The largest absolute Gasteiger partial charge is 0.487 e. The van der Waals surface area contributed by atoms with Gasteiger partial charge in [-0.15, -0.1) is 0 Å². The Bertz CT molecular complexity index is 595. The molecule has 0 saturated heterocycles. The minimum absolute atomic E-state index is 0.0199. The monoisotopic (exact) mass is 288 g/mol. The van der Waals surface area contributed by atoms with E-state index in [0.29, 0.717) is 18.0 Å². The van der Waals surface area contributed by atoms with E-state index < -0.39 is 11.8 Å². The van der Waals surface area contributed by atoms with E-state index in [0.717, 1.165) is 4.90 Å². The number of benzene rings is 1. The molecule has 0 unspecified atom stereocenters. The van der Waals surface area contributed by atoms with Crippen LogP contribution in [0.4, 0.5) is 5.69 Å². The Morgan fingerprint density at radius 1 is 1.33 bits per heavy atom. The third kappa shape index (κ3) is 3.29. The number of nitrogens with zero attached hydrogens (tertiary/aromatic N) is 1. The molecule has 1 aliphatic heterocycles. The molecule has 0 aliphatic carbocycles. The lowest BCUT2D eigenvalue weighted by Crippen LogP contribution is -2.34. The van der Waals surface area contributed by atoms with Crippen molar-refractivity contribution in [2.75, 3.05) is 25.1 Å². The van der Waals surface area contributed by atoms with Crippen molar-refractivity contribution in [1.82, 2.24) is 4.90 Å². The molecule has 0 aromatic heterocycles. The minimum atomic E-state index is -0.465. The highest BCUT2D eigenvalue weighted by molar-refractivity contribution is 6.17. The molecule has 0 bridgehead atoms. The van der Waals surface area contributed by atoms with Crippen molar-refractivity contribution >= 4 is 17.5 Å². The topological polar surface area (TPSA) is 78.9 Å². The number of aliphatic hydroxyl groups is 1. The van der Waals surface area contributed by atoms with Crippen LogP contribution in [0.3, 0.4) is 0 Å². The number of nitrogens with one attached hydrogen (secondary N) is 1. The summed E-state index contributed by atoms with van der Waals surface area (Å²) in [5.41, 5.74) is 0.737. The molecule has 2 N–H and O–H groups in total. The number of carbonyl (C=O) groups is 2. The Morgan fingerprint density at radius 2 is 2.10 bits per heavy atom. The molecule has 0 saturated carbocycles. The highest BCUT2D eigenvalue weighted by Gasteiger charge is 2.30. The van der Waals surface area contributed by atoms with Gasteiger partial charge in [0.05, 0.1) is 18.8 Å². The normalized spacial score (nSPS) is 14.1. The van der Waals surface area contributed by atoms with Gasteiger partial charge in [-0.3, -0.25) is 14.5 Å². The van der Waals surface area contributed by atoms with Gasteiger partial charge >= 0.3 is 0 Å². The fourth-order valence-corrected chi connectivity index (χ4v) is 1.90. The van der Waals surface area contributed by atoms with Crippen LogP contribution in [0, 0.1) is 0 Å². The standard InChI is InChI=1S/C15H16N2O4/c1-2-9-21-13-6-4-3-5-11(13)16-12-10-14(19)17(7-8-18)15(12)20/h2-6,10,16,18H,1,7-9H2. The predicted octanol–water partition coefficient (Wildman–Crippen LogP) is 0.908. The maximum Gasteiger partial charge on any atom is 0.277 e. The molecule has 1 aromatic carbocycles. The first-order valence-electron chi connectivity index (χ1n) is 6.45. The van der Waals surface area contributed by atoms with Gasteiger partial charge in [-0.25, -0.2) is 0 Å². The zero-order valence-electron chi connectivity index (χ0n) is 11.4. The molecule has 2 rings (SSSR count). The molecule has 1 aromatic rings. The third-order valence-corrected chi connectivity index (χ3v) is 2.85. The fourth-order valence-electron chi connectivity index (χ4n) is 1.90. The Morgan fingerprint density at radius 3 is 2.81 bits per heavy atom. The van der Waals surface area contributed by atoms with Gasteiger partial charge in [0.25, 0.3) is 11.8 Å². The maximum absolute atomic E-state index is 12.0. The van der Waals surface area contributed by atoms with Gasteiger partial charge in [-0.1, -0.05) is 24.8 Å². The summed E-state index contributed by atoms with van der Waals surface area (Å²) in [5.74, 6) is -0.354. The lowest BCUT2D eigenvalue weighted by molar-refractivity contribution is -0.137. The molecular weight excluding hydrogens is 272 g/mol. The number of ether oxygens (including phenoxy) is 1. The first kappa shape index (κ1) is 14.8. The SMILES string of the molecule is C=CCOc1ccccc1NC1=CC(=O)N(CCO)C1=O. The van der Waals surface area contributed by atoms with Crippen LogP contribution < -0.4 is 10.1 Å². The molecule has 110 valence electrons. The van der Waals surface area contributed by atoms with Crippen LogP contribution in [0.1, 0.15) is 0 Å². The molecule has 2 amide bonds. The average molecular weight is 288 g/mol. The molecule has 0 radical (unpaired) electrons. The Hall–Kier alpha value is -2.60. The summed E-state index contributed by atoms with van der Waals surface area (Å²) in [5, 5.41) is 11.8. The molecule has 1 aliphatic rings. The number of β-amino-alcohol motifs (C(OH)–C–C–N with tert-alkyl or cyclic N) is 1.